The number of fused-ring (bicyclic) bond motifs is 1. The molecular formula is C23H26ClN3O4S2. The van der Waals surface area contributed by atoms with Crippen LogP contribution in [0.15, 0.2) is 52.4 Å². The molecule has 1 aliphatic rings. The van der Waals surface area contributed by atoms with Gasteiger partial charge in [-0.25, -0.2) is 8.42 Å². The number of thiazole rings is 1. The van der Waals surface area contributed by atoms with Crippen molar-refractivity contribution < 1.29 is 17.9 Å². The first-order valence-electron chi connectivity index (χ1n) is 10.9. The minimum absolute atomic E-state index is 0.199. The Kier molecular flexibility index (Phi) is 7.65. The van der Waals surface area contributed by atoms with Gasteiger partial charge in [-0.3, -0.25) is 4.79 Å². The van der Waals surface area contributed by atoms with Gasteiger partial charge < -0.3 is 9.30 Å². The maximum absolute atomic E-state index is 13.0. The van der Waals surface area contributed by atoms with Crippen LogP contribution in [-0.2, 0) is 21.3 Å². The van der Waals surface area contributed by atoms with E-state index in [0.717, 1.165) is 35.9 Å². The summed E-state index contributed by atoms with van der Waals surface area (Å²) in [5.41, 5.74) is 1.14. The van der Waals surface area contributed by atoms with Gasteiger partial charge in [0, 0.05) is 32.3 Å². The number of carbonyl (C=O) groups excluding carboxylic acids is 1. The second-order valence-electron chi connectivity index (χ2n) is 7.88. The average Bonchev–Trinajstić information content (AvgIpc) is 2.97. The highest BCUT2D eigenvalue weighted by Crippen LogP contribution is 2.25. The lowest BCUT2D eigenvalue weighted by molar-refractivity contribution is 0.0997. The number of sulfonamides is 1. The topological polar surface area (TPSA) is 81.0 Å². The lowest BCUT2D eigenvalue weighted by Crippen LogP contribution is -2.31. The van der Waals surface area contributed by atoms with Crippen LogP contribution in [-0.4, -0.2) is 50.0 Å². The van der Waals surface area contributed by atoms with Crippen LogP contribution in [0.25, 0.3) is 10.2 Å². The Morgan fingerprint density at radius 2 is 1.79 bits per heavy atom. The SMILES string of the molecule is COCCn1c(=NC(=O)c2ccc(S(=O)(=O)N3CCCCCC3)cc2)sc2cccc(Cl)c21. The summed E-state index contributed by atoms with van der Waals surface area (Å²) >= 11 is 7.77. The summed E-state index contributed by atoms with van der Waals surface area (Å²) in [6.45, 7) is 2.02. The molecule has 1 fully saturated rings. The zero-order chi connectivity index (χ0) is 23.4. The van der Waals surface area contributed by atoms with Gasteiger partial charge in [-0.15, -0.1) is 0 Å². The van der Waals surface area contributed by atoms with Gasteiger partial charge in [0.25, 0.3) is 5.91 Å². The van der Waals surface area contributed by atoms with Crippen molar-refractivity contribution in [3.8, 4) is 0 Å². The first kappa shape index (κ1) is 24.1. The normalized spacial score (nSPS) is 16.2. The molecule has 2 aromatic carbocycles. The number of ether oxygens (including phenoxy) is 1. The van der Waals surface area contributed by atoms with E-state index in [0.29, 0.717) is 41.6 Å². The van der Waals surface area contributed by atoms with E-state index in [1.54, 1.807) is 17.5 Å². The summed E-state index contributed by atoms with van der Waals surface area (Å²) in [4.78, 5) is 17.9. The van der Waals surface area contributed by atoms with Crippen molar-refractivity contribution in [2.24, 2.45) is 4.99 Å². The molecule has 0 saturated carbocycles. The molecule has 176 valence electrons. The van der Waals surface area contributed by atoms with Crippen molar-refractivity contribution in [3.05, 3.63) is 57.9 Å². The highest BCUT2D eigenvalue weighted by atomic mass is 35.5. The molecule has 0 aliphatic carbocycles. The van der Waals surface area contributed by atoms with Crippen LogP contribution in [0.1, 0.15) is 36.0 Å². The molecule has 1 amide bonds. The molecule has 33 heavy (non-hydrogen) atoms. The number of hydrogen-bond acceptors (Lipinski definition) is 5. The summed E-state index contributed by atoms with van der Waals surface area (Å²) in [6, 6.07) is 11.6. The van der Waals surface area contributed by atoms with Gasteiger partial charge in [0.05, 0.1) is 26.7 Å². The summed E-state index contributed by atoms with van der Waals surface area (Å²) in [5.74, 6) is -0.442. The van der Waals surface area contributed by atoms with Crippen LogP contribution in [0.5, 0.6) is 0 Å². The van der Waals surface area contributed by atoms with E-state index in [2.05, 4.69) is 4.99 Å². The van der Waals surface area contributed by atoms with Crippen molar-refractivity contribution in [2.75, 3.05) is 26.8 Å². The van der Waals surface area contributed by atoms with Crippen LogP contribution in [0.4, 0.5) is 0 Å². The third kappa shape index (κ3) is 5.22. The number of methoxy groups -OCH3 is 1. The third-order valence-corrected chi connectivity index (χ3v) is 8.93. The lowest BCUT2D eigenvalue weighted by Gasteiger charge is -2.19. The predicted molar refractivity (Wildman–Crippen MR) is 130 cm³/mol. The van der Waals surface area contributed by atoms with Gasteiger partial charge >= 0.3 is 0 Å². The number of para-hydroxylation sites is 1. The fraction of sp³-hybridized carbons (Fsp3) is 0.391. The van der Waals surface area contributed by atoms with Crippen LogP contribution in [0, 0.1) is 0 Å². The van der Waals surface area contributed by atoms with Gasteiger partial charge in [0.1, 0.15) is 0 Å². The number of halogens is 1. The van der Waals surface area contributed by atoms with Crippen molar-refractivity contribution in [1.29, 1.82) is 0 Å². The van der Waals surface area contributed by atoms with Crippen molar-refractivity contribution in [2.45, 2.75) is 37.1 Å². The average molecular weight is 508 g/mol. The van der Waals surface area contributed by atoms with Gasteiger partial charge in [0.2, 0.25) is 10.0 Å². The van der Waals surface area contributed by atoms with E-state index in [9.17, 15) is 13.2 Å². The first-order valence-corrected chi connectivity index (χ1v) is 13.5. The van der Waals surface area contributed by atoms with Crippen molar-refractivity contribution in [3.63, 3.8) is 0 Å². The minimum Gasteiger partial charge on any atom is -0.383 e. The molecule has 0 radical (unpaired) electrons. The van der Waals surface area contributed by atoms with E-state index >= 15 is 0 Å². The Hall–Kier alpha value is -2.04. The fourth-order valence-corrected chi connectivity index (χ4v) is 6.85. The minimum atomic E-state index is -3.56. The van der Waals surface area contributed by atoms with Crippen LogP contribution >= 0.6 is 22.9 Å². The van der Waals surface area contributed by atoms with Gasteiger partial charge in [0.15, 0.2) is 4.80 Å². The summed E-state index contributed by atoms with van der Waals surface area (Å²) < 4.78 is 35.5. The van der Waals surface area contributed by atoms with Crippen molar-refractivity contribution >= 4 is 49.1 Å². The predicted octanol–water partition coefficient (Wildman–Crippen LogP) is 4.31. The molecule has 1 aromatic heterocycles. The molecular weight excluding hydrogens is 482 g/mol. The summed E-state index contributed by atoms with van der Waals surface area (Å²) in [6.07, 6.45) is 3.84. The van der Waals surface area contributed by atoms with E-state index in [4.69, 9.17) is 16.3 Å². The smallest absolute Gasteiger partial charge is 0.279 e. The largest absolute Gasteiger partial charge is 0.383 e. The fourth-order valence-electron chi connectivity index (χ4n) is 3.91. The summed E-state index contributed by atoms with van der Waals surface area (Å²) in [5, 5.41) is 0.580. The van der Waals surface area contributed by atoms with E-state index < -0.39 is 15.9 Å². The molecule has 0 atom stereocenters. The van der Waals surface area contributed by atoms with Crippen LogP contribution < -0.4 is 4.80 Å². The highest BCUT2D eigenvalue weighted by molar-refractivity contribution is 7.89. The zero-order valence-corrected chi connectivity index (χ0v) is 20.8. The molecule has 0 unspecified atom stereocenters. The molecule has 1 saturated heterocycles. The van der Waals surface area contributed by atoms with Gasteiger partial charge in [-0.05, 0) is 49.2 Å². The lowest BCUT2D eigenvalue weighted by atomic mass is 10.2. The number of nitrogens with zero attached hydrogens (tertiary/aromatic N) is 3. The maximum atomic E-state index is 13.0. The molecule has 2 heterocycles. The monoisotopic (exact) mass is 507 g/mol. The van der Waals surface area contributed by atoms with Gasteiger partial charge in [-0.2, -0.15) is 9.30 Å². The summed E-state index contributed by atoms with van der Waals surface area (Å²) in [7, 11) is -1.95. The molecule has 7 nitrogen and oxygen atoms in total. The Labute approximate surface area is 202 Å². The molecule has 10 heteroatoms. The van der Waals surface area contributed by atoms with E-state index in [-0.39, 0.29) is 4.90 Å². The Morgan fingerprint density at radius 3 is 2.45 bits per heavy atom. The number of carbonyl (C=O) groups is 1. The van der Waals surface area contributed by atoms with Crippen molar-refractivity contribution in [1.82, 2.24) is 8.87 Å². The second kappa shape index (κ2) is 10.5. The van der Waals surface area contributed by atoms with E-state index in [1.807, 2.05) is 16.7 Å². The molecule has 0 spiro atoms. The maximum Gasteiger partial charge on any atom is 0.279 e. The molecule has 3 aromatic rings. The Morgan fingerprint density at radius 1 is 1.09 bits per heavy atom. The quantitative estimate of drug-likeness (QED) is 0.498. The molecule has 0 bridgehead atoms. The molecule has 4 rings (SSSR count). The first-order chi connectivity index (χ1) is 15.9. The number of amides is 1. The number of hydrogen-bond donors (Lipinski definition) is 0. The number of benzene rings is 2. The van der Waals surface area contributed by atoms with Crippen LogP contribution in [0.3, 0.4) is 0 Å². The second-order valence-corrected chi connectivity index (χ2v) is 11.2. The Balaban J connectivity index is 1.64. The number of rotatable bonds is 6. The number of aromatic nitrogens is 1. The standard InChI is InChI=1S/C23H26ClN3O4S2/c1-31-16-15-27-21-19(24)7-6-8-20(21)32-23(27)25-22(28)17-9-11-18(12-10-17)33(29,30)26-13-4-2-3-5-14-26/h6-12H,2-5,13-16H2,1H3. The Bertz CT molecular complexity index is 1310. The molecule has 1 aliphatic heterocycles. The highest BCUT2D eigenvalue weighted by Gasteiger charge is 2.25. The van der Waals surface area contributed by atoms with E-state index in [1.165, 1.54) is 35.6 Å². The third-order valence-electron chi connectivity index (χ3n) is 5.67. The van der Waals surface area contributed by atoms with Gasteiger partial charge in [-0.1, -0.05) is 41.8 Å². The zero-order valence-electron chi connectivity index (χ0n) is 18.4. The van der Waals surface area contributed by atoms with Crippen LogP contribution in [0.2, 0.25) is 5.02 Å². The molecule has 0 N–H and O–H groups in total.